The molecular formula is C32H32N2O3. The molecule has 2 fully saturated rings. The van der Waals surface area contributed by atoms with Crippen LogP contribution in [-0.2, 0) is 9.53 Å². The van der Waals surface area contributed by atoms with Crippen LogP contribution < -0.4 is 0 Å². The van der Waals surface area contributed by atoms with Crippen LogP contribution in [0.1, 0.15) is 50.4 Å². The highest BCUT2D eigenvalue weighted by Gasteiger charge is 2.50. The van der Waals surface area contributed by atoms with E-state index >= 15 is 0 Å². The van der Waals surface area contributed by atoms with Gasteiger partial charge in [-0.3, -0.25) is 4.79 Å². The van der Waals surface area contributed by atoms with E-state index in [4.69, 9.17) is 9.72 Å². The van der Waals surface area contributed by atoms with E-state index in [1.165, 1.54) is 0 Å². The number of aromatic nitrogens is 1. The van der Waals surface area contributed by atoms with Crippen molar-refractivity contribution < 1.29 is 14.3 Å². The monoisotopic (exact) mass is 492 g/mol. The molecule has 4 aromatic rings. The van der Waals surface area contributed by atoms with E-state index in [0.29, 0.717) is 11.3 Å². The SMILES string of the molecule is CC1(C)CC2CC(C)(CN2C(=O)COC(=O)c2cc(-c3cccc4ccccc34)nc3ccccc23)C1. The molecule has 2 bridgehead atoms. The minimum absolute atomic E-state index is 0.104. The number of hydrogen-bond acceptors (Lipinski definition) is 4. The van der Waals surface area contributed by atoms with Crippen LogP contribution in [0.15, 0.2) is 72.8 Å². The Balaban J connectivity index is 1.28. The summed E-state index contributed by atoms with van der Waals surface area (Å²) in [5.41, 5.74) is 3.16. The fraction of sp³-hybridized carbons (Fsp3) is 0.344. The number of nitrogens with zero attached hydrogens (tertiary/aromatic N) is 2. The van der Waals surface area contributed by atoms with Gasteiger partial charge in [-0.25, -0.2) is 9.78 Å². The second-order valence-electron chi connectivity index (χ2n) is 11.9. The van der Waals surface area contributed by atoms with Crippen LogP contribution >= 0.6 is 0 Å². The van der Waals surface area contributed by atoms with Gasteiger partial charge in [0.2, 0.25) is 0 Å². The molecule has 5 heteroatoms. The van der Waals surface area contributed by atoms with E-state index in [9.17, 15) is 9.59 Å². The van der Waals surface area contributed by atoms with Gasteiger partial charge in [0, 0.05) is 23.5 Å². The minimum atomic E-state index is -0.498. The summed E-state index contributed by atoms with van der Waals surface area (Å²) >= 11 is 0. The lowest BCUT2D eigenvalue weighted by molar-refractivity contribution is -0.135. The standard InChI is InChI=1S/C32H32N2O3/c1-31(2)16-22-17-32(3,19-31)20-34(22)29(35)18-37-30(36)26-15-28(33-27-14-7-6-12-25(26)27)24-13-8-10-21-9-4-5-11-23(21)24/h4-15,22H,16-20H2,1-3H3. The van der Waals surface area contributed by atoms with E-state index in [-0.39, 0.29) is 29.4 Å². The van der Waals surface area contributed by atoms with Crippen molar-refractivity contribution in [3.8, 4) is 11.3 Å². The predicted octanol–water partition coefficient (Wildman–Crippen LogP) is 6.64. The van der Waals surface area contributed by atoms with Gasteiger partial charge in [-0.2, -0.15) is 0 Å². The maximum atomic E-state index is 13.4. The fourth-order valence-electron chi connectivity index (χ4n) is 6.97. The van der Waals surface area contributed by atoms with Gasteiger partial charge in [0.05, 0.1) is 16.8 Å². The molecule has 0 spiro atoms. The molecule has 5 nitrogen and oxygen atoms in total. The van der Waals surface area contributed by atoms with Gasteiger partial charge in [-0.15, -0.1) is 0 Å². The van der Waals surface area contributed by atoms with Crippen molar-refractivity contribution in [2.75, 3.05) is 13.2 Å². The van der Waals surface area contributed by atoms with Gasteiger partial charge in [-0.05, 0) is 53.0 Å². The molecule has 1 saturated heterocycles. The number of amides is 1. The maximum absolute atomic E-state index is 13.4. The number of para-hydroxylation sites is 1. The Hall–Kier alpha value is -3.73. The van der Waals surface area contributed by atoms with E-state index in [0.717, 1.165) is 53.0 Å². The van der Waals surface area contributed by atoms with Crippen LogP contribution in [0.25, 0.3) is 32.9 Å². The molecule has 1 aliphatic carbocycles. The number of benzene rings is 3. The quantitative estimate of drug-likeness (QED) is 0.300. The zero-order chi connectivity index (χ0) is 25.8. The van der Waals surface area contributed by atoms with Crippen LogP contribution in [0, 0.1) is 10.8 Å². The summed E-state index contributed by atoms with van der Waals surface area (Å²) in [6.45, 7) is 7.34. The van der Waals surface area contributed by atoms with Gasteiger partial charge >= 0.3 is 5.97 Å². The van der Waals surface area contributed by atoms with E-state index in [1.807, 2.05) is 53.4 Å². The number of rotatable bonds is 4. The zero-order valence-electron chi connectivity index (χ0n) is 21.7. The van der Waals surface area contributed by atoms with Crippen LogP contribution in [0.3, 0.4) is 0 Å². The molecule has 188 valence electrons. The largest absolute Gasteiger partial charge is 0.452 e. The second-order valence-corrected chi connectivity index (χ2v) is 11.9. The molecule has 2 heterocycles. The molecule has 37 heavy (non-hydrogen) atoms. The lowest BCUT2D eigenvalue weighted by Gasteiger charge is -2.39. The van der Waals surface area contributed by atoms with E-state index < -0.39 is 5.97 Å². The summed E-state index contributed by atoms with van der Waals surface area (Å²) in [6.07, 6.45) is 3.13. The summed E-state index contributed by atoms with van der Waals surface area (Å²) < 4.78 is 5.66. The maximum Gasteiger partial charge on any atom is 0.339 e. The van der Waals surface area contributed by atoms with Crippen molar-refractivity contribution in [2.24, 2.45) is 10.8 Å². The lowest BCUT2D eigenvalue weighted by atomic mass is 9.65. The van der Waals surface area contributed by atoms with Gasteiger partial charge in [0.15, 0.2) is 6.61 Å². The highest BCUT2D eigenvalue weighted by Crippen LogP contribution is 2.52. The first-order chi connectivity index (χ1) is 17.7. The third kappa shape index (κ3) is 4.37. The third-order valence-electron chi connectivity index (χ3n) is 8.06. The van der Waals surface area contributed by atoms with Crippen LogP contribution in [0.2, 0.25) is 0 Å². The minimum Gasteiger partial charge on any atom is -0.452 e. The van der Waals surface area contributed by atoms with Crippen molar-refractivity contribution in [2.45, 2.75) is 46.1 Å². The number of carbonyl (C=O) groups is 2. The van der Waals surface area contributed by atoms with Crippen LogP contribution in [0.4, 0.5) is 0 Å². The number of pyridine rings is 1. The summed E-state index contributed by atoms with van der Waals surface area (Å²) in [4.78, 5) is 33.4. The normalized spacial score (nSPS) is 22.4. The summed E-state index contributed by atoms with van der Waals surface area (Å²) in [5, 5.41) is 2.89. The van der Waals surface area contributed by atoms with Gasteiger partial charge < -0.3 is 9.64 Å². The summed E-state index contributed by atoms with van der Waals surface area (Å²) in [7, 11) is 0. The average molecular weight is 493 g/mol. The van der Waals surface area contributed by atoms with Crippen molar-refractivity contribution >= 4 is 33.6 Å². The number of ether oxygens (including phenoxy) is 1. The number of fused-ring (bicyclic) bond motifs is 4. The number of likely N-dealkylation sites (tertiary alicyclic amines) is 1. The van der Waals surface area contributed by atoms with Crippen molar-refractivity contribution in [1.82, 2.24) is 9.88 Å². The Morgan fingerprint density at radius 1 is 0.946 bits per heavy atom. The summed E-state index contributed by atoms with van der Waals surface area (Å²) in [6, 6.07) is 23.8. The Morgan fingerprint density at radius 2 is 1.68 bits per heavy atom. The zero-order valence-corrected chi connectivity index (χ0v) is 21.7. The Bertz CT molecular complexity index is 1540. The average Bonchev–Trinajstić information content (AvgIpc) is 3.14. The van der Waals surface area contributed by atoms with Gasteiger partial charge in [0.1, 0.15) is 0 Å². The molecule has 0 radical (unpaired) electrons. The summed E-state index contributed by atoms with van der Waals surface area (Å²) in [5.74, 6) is -0.602. The second kappa shape index (κ2) is 8.69. The predicted molar refractivity (Wildman–Crippen MR) is 146 cm³/mol. The molecule has 1 amide bonds. The Labute approximate surface area is 217 Å². The third-order valence-corrected chi connectivity index (χ3v) is 8.06. The highest BCUT2D eigenvalue weighted by atomic mass is 16.5. The van der Waals surface area contributed by atoms with E-state index in [2.05, 4.69) is 39.0 Å². The first kappa shape index (κ1) is 23.7. The van der Waals surface area contributed by atoms with Gasteiger partial charge in [-0.1, -0.05) is 81.4 Å². The smallest absolute Gasteiger partial charge is 0.339 e. The number of carbonyl (C=O) groups excluding carboxylic acids is 2. The van der Waals surface area contributed by atoms with E-state index in [1.54, 1.807) is 6.07 Å². The van der Waals surface area contributed by atoms with Crippen LogP contribution in [-0.4, -0.2) is 41.0 Å². The Morgan fingerprint density at radius 3 is 2.51 bits per heavy atom. The fourth-order valence-corrected chi connectivity index (χ4v) is 6.97. The first-order valence-corrected chi connectivity index (χ1v) is 13.1. The topological polar surface area (TPSA) is 59.5 Å². The van der Waals surface area contributed by atoms with Crippen molar-refractivity contribution in [3.63, 3.8) is 0 Å². The molecule has 2 unspecified atom stereocenters. The molecular weight excluding hydrogens is 460 g/mol. The molecule has 2 aliphatic rings. The molecule has 1 aromatic heterocycles. The lowest BCUT2D eigenvalue weighted by Crippen LogP contribution is -2.39. The number of hydrogen-bond donors (Lipinski definition) is 0. The molecule has 2 atom stereocenters. The first-order valence-electron chi connectivity index (χ1n) is 13.1. The van der Waals surface area contributed by atoms with Crippen molar-refractivity contribution in [3.05, 3.63) is 78.4 Å². The molecule has 1 aliphatic heterocycles. The van der Waals surface area contributed by atoms with Crippen LogP contribution in [0.5, 0.6) is 0 Å². The molecule has 6 rings (SSSR count). The highest BCUT2D eigenvalue weighted by molar-refractivity contribution is 6.06. The molecule has 0 N–H and O–H groups in total. The molecule has 3 aromatic carbocycles. The van der Waals surface area contributed by atoms with Crippen molar-refractivity contribution in [1.29, 1.82) is 0 Å². The molecule has 1 saturated carbocycles. The Kier molecular flexibility index (Phi) is 5.55. The van der Waals surface area contributed by atoms with Gasteiger partial charge in [0.25, 0.3) is 5.91 Å². The number of esters is 1.